The second-order valence-corrected chi connectivity index (χ2v) is 5.04. The van der Waals surface area contributed by atoms with Crippen molar-refractivity contribution in [3.8, 4) is 0 Å². The summed E-state index contributed by atoms with van der Waals surface area (Å²) in [4.78, 5) is 0. The van der Waals surface area contributed by atoms with Gasteiger partial charge in [-0.3, -0.25) is 0 Å². The number of likely N-dealkylation sites (N-methyl/N-ethyl adjacent to an activating group) is 1. The van der Waals surface area contributed by atoms with Gasteiger partial charge in [-0.1, -0.05) is 19.8 Å². The van der Waals surface area contributed by atoms with Crippen molar-refractivity contribution in [3.05, 3.63) is 0 Å². The Kier molecular flexibility index (Phi) is 7.15. The topological polar surface area (TPSA) is 32.3 Å². The molecule has 14 heavy (non-hydrogen) atoms. The van der Waals surface area contributed by atoms with Crippen molar-refractivity contribution in [3.63, 3.8) is 0 Å². The van der Waals surface area contributed by atoms with Crippen molar-refractivity contribution in [2.75, 3.05) is 40.8 Å². The average molecular weight is 203 g/mol. The molecule has 3 heteroatoms. The lowest BCUT2D eigenvalue weighted by Gasteiger charge is -2.26. The number of hydrogen-bond donors (Lipinski definition) is 2. The van der Waals surface area contributed by atoms with E-state index in [0.29, 0.717) is 0 Å². The first-order valence-corrected chi connectivity index (χ1v) is 5.65. The molecule has 0 aliphatic carbocycles. The van der Waals surface area contributed by atoms with Crippen LogP contribution in [0.15, 0.2) is 0 Å². The van der Waals surface area contributed by atoms with Crippen LogP contribution in [0, 0.1) is 0 Å². The summed E-state index contributed by atoms with van der Waals surface area (Å²) in [6.45, 7) is 4.76. The van der Waals surface area contributed by atoms with E-state index in [1.54, 1.807) is 0 Å². The van der Waals surface area contributed by atoms with Crippen LogP contribution in [0.1, 0.15) is 26.2 Å². The third-order valence-corrected chi connectivity index (χ3v) is 2.10. The van der Waals surface area contributed by atoms with Crippen molar-refractivity contribution in [1.29, 1.82) is 0 Å². The first-order chi connectivity index (χ1) is 6.45. The lowest BCUT2D eigenvalue weighted by Crippen LogP contribution is -2.45. The fourth-order valence-corrected chi connectivity index (χ4v) is 1.47. The van der Waals surface area contributed by atoms with Gasteiger partial charge in [0.2, 0.25) is 0 Å². The molecule has 0 aromatic rings. The van der Waals surface area contributed by atoms with Crippen molar-refractivity contribution in [1.82, 2.24) is 5.32 Å². The third kappa shape index (κ3) is 9.96. The predicted octanol–water partition coefficient (Wildman–Crippen LogP) is 0.833. The van der Waals surface area contributed by atoms with Gasteiger partial charge in [0.15, 0.2) is 0 Å². The zero-order valence-electron chi connectivity index (χ0n) is 10.2. The van der Waals surface area contributed by atoms with E-state index in [2.05, 4.69) is 33.4 Å². The van der Waals surface area contributed by atoms with Gasteiger partial charge in [0.05, 0.1) is 21.1 Å². The number of nitrogens with zero attached hydrogens (tertiary/aromatic N) is 1. The van der Waals surface area contributed by atoms with Crippen LogP contribution in [0.2, 0.25) is 0 Å². The Morgan fingerprint density at radius 1 is 1.21 bits per heavy atom. The zero-order chi connectivity index (χ0) is 11.0. The predicted molar refractivity (Wildman–Crippen MR) is 61.3 cm³/mol. The number of hydrogen-bond acceptors (Lipinski definition) is 2. The van der Waals surface area contributed by atoms with Crippen LogP contribution in [0.25, 0.3) is 0 Å². The van der Waals surface area contributed by atoms with Gasteiger partial charge in [0, 0.05) is 6.54 Å². The highest BCUT2D eigenvalue weighted by Crippen LogP contribution is 1.95. The molecular formula is C11H27N2O+. The number of rotatable bonds is 8. The normalized spacial score (nSPS) is 14.4. The van der Waals surface area contributed by atoms with Crippen LogP contribution < -0.4 is 5.32 Å². The Balaban J connectivity index is 3.31. The van der Waals surface area contributed by atoms with E-state index in [1.165, 1.54) is 19.3 Å². The molecule has 0 amide bonds. The quantitative estimate of drug-likeness (QED) is 0.452. The molecular weight excluding hydrogens is 176 g/mol. The van der Waals surface area contributed by atoms with Gasteiger partial charge in [0.25, 0.3) is 0 Å². The molecule has 3 nitrogen and oxygen atoms in total. The third-order valence-electron chi connectivity index (χ3n) is 2.10. The van der Waals surface area contributed by atoms with Crippen LogP contribution in [0.3, 0.4) is 0 Å². The number of nitrogens with one attached hydrogen (secondary N) is 1. The number of aliphatic hydroxyl groups excluding tert-OH is 1. The molecule has 0 aliphatic rings. The van der Waals surface area contributed by atoms with Crippen LogP contribution in [0.5, 0.6) is 0 Å². The molecule has 0 aliphatic heterocycles. The Hall–Kier alpha value is -0.120. The largest absolute Gasteiger partial charge is 0.386 e. The molecule has 0 heterocycles. The summed E-state index contributed by atoms with van der Waals surface area (Å²) in [5, 5.41) is 12.9. The SMILES string of the molecule is CCCCCNC[C@H](O)C[N+](C)(C)C. The molecule has 0 unspecified atom stereocenters. The number of unbranched alkanes of at least 4 members (excludes halogenated alkanes) is 2. The summed E-state index contributed by atoms with van der Waals surface area (Å²) < 4.78 is 0.817. The van der Waals surface area contributed by atoms with Crippen molar-refractivity contribution in [2.45, 2.75) is 32.3 Å². The minimum Gasteiger partial charge on any atom is -0.386 e. The average Bonchev–Trinajstić information content (AvgIpc) is 2.00. The van der Waals surface area contributed by atoms with Crippen molar-refractivity contribution < 1.29 is 9.59 Å². The van der Waals surface area contributed by atoms with Crippen LogP contribution in [-0.4, -0.2) is 56.5 Å². The molecule has 0 fully saturated rings. The van der Waals surface area contributed by atoms with Gasteiger partial charge in [-0.2, -0.15) is 0 Å². The Bertz CT molecular complexity index is 132. The lowest BCUT2D eigenvalue weighted by molar-refractivity contribution is -0.873. The first kappa shape index (κ1) is 13.9. The fourth-order valence-electron chi connectivity index (χ4n) is 1.47. The molecule has 2 N–H and O–H groups in total. The Labute approximate surface area is 88.7 Å². The van der Waals surface area contributed by atoms with Gasteiger partial charge in [-0.15, -0.1) is 0 Å². The molecule has 0 saturated heterocycles. The van der Waals surface area contributed by atoms with Gasteiger partial charge >= 0.3 is 0 Å². The van der Waals surface area contributed by atoms with Crippen molar-refractivity contribution >= 4 is 0 Å². The highest BCUT2D eigenvalue weighted by Gasteiger charge is 2.14. The summed E-state index contributed by atoms with van der Waals surface area (Å²) in [5.41, 5.74) is 0. The van der Waals surface area contributed by atoms with Gasteiger partial charge in [0.1, 0.15) is 12.6 Å². The highest BCUT2D eigenvalue weighted by atomic mass is 16.3. The number of aliphatic hydroxyl groups is 1. The Morgan fingerprint density at radius 3 is 2.36 bits per heavy atom. The maximum absolute atomic E-state index is 9.66. The summed E-state index contributed by atoms with van der Waals surface area (Å²) in [6.07, 6.45) is 3.52. The number of quaternary nitrogens is 1. The molecule has 86 valence electrons. The lowest BCUT2D eigenvalue weighted by atomic mass is 10.2. The van der Waals surface area contributed by atoms with E-state index in [9.17, 15) is 5.11 Å². The standard InChI is InChI=1S/C11H27N2O/c1-5-6-7-8-12-9-11(14)10-13(2,3)4/h11-12,14H,5-10H2,1-4H3/q+1/t11-/m0/s1. The van der Waals surface area contributed by atoms with E-state index in [4.69, 9.17) is 0 Å². The minimum atomic E-state index is -0.225. The monoisotopic (exact) mass is 203 g/mol. The summed E-state index contributed by atoms with van der Waals surface area (Å²) in [7, 11) is 6.29. The summed E-state index contributed by atoms with van der Waals surface area (Å²) in [6, 6.07) is 0. The summed E-state index contributed by atoms with van der Waals surface area (Å²) in [5.74, 6) is 0. The first-order valence-electron chi connectivity index (χ1n) is 5.65. The molecule has 0 radical (unpaired) electrons. The maximum atomic E-state index is 9.66. The van der Waals surface area contributed by atoms with Gasteiger partial charge < -0.3 is 14.9 Å². The minimum absolute atomic E-state index is 0.225. The Morgan fingerprint density at radius 2 is 1.86 bits per heavy atom. The molecule has 0 spiro atoms. The van der Waals surface area contributed by atoms with E-state index < -0.39 is 0 Å². The zero-order valence-corrected chi connectivity index (χ0v) is 10.2. The molecule has 1 atom stereocenters. The van der Waals surface area contributed by atoms with Gasteiger partial charge in [-0.25, -0.2) is 0 Å². The molecule has 0 aromatic carbocycles. The second kappa shape index (κ2) is 7.21. The van der Waals surface area contributed by atoms with Crippen LogP contribution in [-0.2, 0) is 0 Å². The highest BCUT2D eigenvalue weighted by molar-refractivity contribution is 4.58. The van der Waals surface area contributed by atoms with Gasteiger partial charge in [-0.05, 0) is 13.0 Å². The van der Waals surface area contributed by atoms with E-state index in [-0.39, 0.29) is 6.10 Å². The molecule has 0 aromatic heterocycles. The maximum Gasteiger partial charge on any atom is 0.115 e. The molecule has 0 rings (SSSR count). The van der Waals surface area contributed by atoms with E-state index in [1.807, 2.05) is 0 Å². The van der Waals surface area contributed by atoms with Crippen LogP contribution in [0.4, 0.5) is 0 Å². The molecule has 0 saturated carbocycles. The van der Waals surface area contributed by atoms with E-state index in [0.717, 1.165) is 24.1 Å². The fraction of sp³-hybridized carbons (Fsp3) is 1.00. The van der Waals surface area contributed by atoms with Crippen LogP contribution >= 0.6 is 0 Å². The summed E-state index contributed by atoms with van der Waals surface area (Å²) >= 11 is 0. The second-order valence-electron chi connectivity index (χ2n) is 5.04. The van der Waals surface area contributed by atoms with Crippen molar-refractivity contribution in [2.24, 2.45) is 0 Å². The van der Waals surface area contributed by atoms with E-state index >= 15 is 0 Å². The smallest absolute Gasteiger partial charge is 0.115 e. The molecule has 0 bridgehead atoms.